The van der Waals surface area contributed by atoms with Gasteiger partial charge in [-0.05, 0) is 12.8 Å². The standard InChI is InChI=1S/C8H15NO2/c10-8-5-9(11-6-8)7-3-1-2-4-7/h7-8,10H,1-6H2/t8-/m0/s1. The van der Waals surface area contributed by atoms with Gasteiger partial charge in [-0.3, -0.25) is 4.84 Å². The third kappa shape index (κ3) is 1.55. The molecular formula is C8H15NO2. The summed E-state index contributed by atoms with van der Waals surface area (Å²) in [6.07, 6.45) is 4.87. The summed E-state index contributed by atoms with van der Waals surface area (Å²) in [5, 5.41) is 11.2. The molecule has 11 heavy (non-hydrogen) atoms. The minimum Gasteiger partial charge on any atom is -0.389 e. The Kier molecular flexibility index (Phi) is 2.11. The minimum absolute atomic E-state index is 0.254. The van der Waals surface area contributed by atoms with E-state index >= 15 is 0 Å². The van der Waals surface area contributed by atoms with Gasteiger partial charge in [0.1, 0.15) is 0 Å². The van der Waals surface area contributed by atoms with Crippen molar-refractivity contribution in [1.29, 1.82) is 0 Å². The Morgan fingerprint density at radius 2 is 2.00 bits per heavy atom. The topological polar surface area (TPSA) is 32.7 Å². The van der Waals surface area contributed by atoms with Crippen LogP contribution in [0.25, 0.3) is 0 Å². The number of hydrogen-bond donors (Lipinski definition) is 1. The van der Waals surface area contributed by atoms with E-state index in [0.717, 1.165) is 0 Å². The molecule has 0 aromatic carbocycles. The Morgan fingerprint density at radius 1 is 1.27 bits per heavy atom. The van der Waals surface area contributed by atoms with Crippen molar-refractivity contribution in [3.05, 3.63) is 0 Å². The highest BCUT2D eigenvalue weighted by Crippen LogP contribution is 2.25. The van der Waals surface area contributed by atoms with Crippen molar-refractivity contribution >= 4 is 0 Å². The van der Waals surface area contributed by atoms with Crippen molar-refractivity contribution in [2.45, 2.75) is 37.8 Å². The summed E-state index contributed by atoms with van der Waals surface area (Å²) in [5.74, 6) is 0. The molecule has 2 fully saturated rings. The molecule has 0 radical (unpaired) electrons. The van der Waals surface area contributed by atoms with Gasteiger partial charge in [0.15, 0.2) is 0 Å². The van der Waals surface area contributed by atoms with E-state index in [0.29, 0.717) is 19.2 Å². The fourth-order valence-corrected chi connectivity index (χ4v) is 1.94. The van der Waals surface area contributed by atoms with Crippen LogP contribution in [-0.4, -0.2) is 35.5 Å². The summed E-state index contributed by atoms with van der Waals surface area (Å²) >= 11 is 0. The van der Waals surface area contributed by atoms with E-state index in [1.165, 1.54) is 25.7 Å². The zero-order valence-electron chi connectivity index (χ0n) is 6.70. The lowest BCUT2D eigenvalue weighted by molar-refractivity contribution is -0.139. The molecule has 3 heteroatoms. The van der Waals surface area contributed by atoms with Crippen LogP contribution < -0.4 is 0 Å². The highest BCUT2D eigenvalue weighted by atomic mass is 16.7. The monoisotopic (exact) mass is 157 g/mol. The van der Waals surface area contributed by atoms with Crippen molar-refractivity contribution in [3.8, 4) is 0 Å². The number of rotatable bonds is 1. The van der Waals surface area contributed by atoms with E-state index in [9.17, 15) is 5.11 Å². The highest BCUT2D eigenvalue weighted by Gasteiger charge is 2.29. The summed E-state index contributed by atoms with van der Waals surface area (Å²) in [6, 6.07) is 0.590. The predicted octanol–water partition coefficient (Wildman–Crippen LogP) is 0.537. The third-order valence-electron chi connectivity index (χ3n) is 2.56. The van der Waals surface area contributed by atoms with Crippen LogP contribution in [0.15, 0.2) is 0 Å². The molecule has 0 amide bonds. The van der Waals surface area contributed by atoms with Gasteiger partial charge in [-0.15, -0.1) is 0 Å². The number of nitrogens with zero attached hydrogens (tertiary/aromatic N) is 1. The van der Waals surface area contributed by atoms with E-state index in [1.54, 1.807) is 0 Å². The van der Waals surface area contributed by atoms with Crippen LogP contribution in [0.1, 0.15) is 25.7 Å². The van der Waals surface area contributed by atoms with Crippen molar-refractivity contribution in [2.24, 2.45) is 0 Å². The van der Waals surface area contributed by atoms with Crippen molar-refractivity contribution in [2.75, 3.05) is 13.2 Å². The average Bonchev–Trinajstić information content (AvgIpc) is 2.55. The molecule has 1 aliphatic carbocycles. The maximum Gasteiger partial charge on any atom is 0.0958 e. The molecule has 1 saturated carbocycles. The lowest BCUT2D eigenvalue weighted by Crippen LogP contribution is -2.30. The second-order valence-corrected chi connectivity index (χ2v) is 3.49. The van der Waals surface area contributed by atoms with Crippen LogP contribution in [0.4, 0.5) is 0 Å². The number of aliphatic hydroxyl groups is 1. The first-order valence-electron chi connectivity index (χ1n) is 4.44. The predicted molar refractivity (Wildman–Crippen MR) is 40.9 cm³/mol. The molecule has 1 heterocycles. The van der Waals surface area contributed by atoms with Gasteiger partial charge in [0.2, 0.25) is 0 Å². The van der Waals surface area contributed by atoms with Gasteiger partial charge in [0, 0.05) is 6.04 Å². The fraction of sp³-hybridized carbons (Fsp3) is 1.00. The molecule has 1 atom stereocenters. The van der Waals surface area contributed by atoms with E-state index in [2.05, 4.69) is 0 Å². The lowest BCUT2D eigenvalue weighted by Gasteiger charge is -2.20. The van der Waals surface area contributed by atoms with Crippen LogP contribution >= 0.6 is 0 Å². The van der Waals surface area contributed by atoms with Crippen molar-refractivity contribution in [1.82, 2.24) is 5.06 Å². The summed E-state index contributed by atoms with van der Waals surface area (Å²) < 4.78 is 0. The number of β-amino-alcohol motifs (C(OH)–C–C–N with tert-alkyl or cyclic N) is 1. The third-order valence-corrected chi connectivity index (χ3v) is 2.56. The van der Waals surface area contributed by atoms with Crippen LogP contribution in [0, 0.1) is 0 Å². The minimum atomic E-state index is -0.254. The summed E-state index contributed by atoms with van der Waals surface area (Å²) in [5.41, 5.74) is 0. The Morgan fingerprint density at radius 3 is 2.55 bits per heavy atom. The van der Waals surface area contributed by atoms with E-state index < -0.39 is 0 Å². The molecule has 2 rings (SSSR count). The van der Waals surface area contributed by atoms with Crippen LogP contribution in [0.3, 0.4) is 0 Å². The molecule has 1 N–H and O–H groups in total. The molecule has 0 bridgehead atoms. The van der Waals surface area contributed by atoms with Gasteiger partial charge in [0.25, 0.3) is 0 Å². The van der Waals surface area contributed by atoms with Gasteiger partial charge in [-0.1, -0.05) is 12.8 Å². The SMILES string of the molecule is O[C@@H]1CON(C2CCCC2)C1. The molecule has 2 aliphatic rings. The average molecular weight is 157 g/mol. The zero-order chi connectivity index (χ0) is 7.68. The van der Waals surface area contributed by atoms with E-state index in [4.69, 9.17) is 4.84 Å². The Hall–Kier alpha value is -0.120. The zero-order valence-corrected chi connectivity index (χ0v) is 6.70. The normalized spacial score (nSPS) is 35.2. The maximum absolute atomic E-state index is 9.19. The van der Waals surface area contributed by atoms with Gasteiger partial charge < -0.3 is 5.11 Å². The molecule has 0 aromatic rings. The quantitative estimate of drug-likeness (QED) is 0.603. The molecule has 64 valence electrons. The Bertz CT molecular complexity index is 134. The van der Waals surface area contributed by atoms with Gasteiger partial charge in [-0.2, -0.15) is 5.06 Å². The summed E-state index contributed by atoms with van der Waals surface area (Å²) in [6.45, 7) is 1.21. The molecule has 1 aliphatic heterocycles. The molecule has 3 nitrogen and oxygen atoms in total. The number of hydrogen-bond acceptors (Lipinski definition) is 3. The van der Waals surface area contributed by atoms with Gasteiger partial charge in [-0.25, -0.2) is 0 Å². The highest BCUT2D eigenvalue weighted by molar-refractivity contribution is 4.77. The molecule has 0 spiro atoms. The van der Waals surface area contributed by atoms with Crippen LogP contribution in [0.5, 0.6) is 0 Å². The largest absolute Gasteiger partial charge is 0.389 e. The summed E-state index contributed by atoms with van der Waals surface area (Å²) in [4.78, 5) is 5.33. The molecule has 1 saturated heterocycles. The Balaban J connectivity index is 1.85. The van der Waals surface area contributed by atoms with Gasteiger partial charge >= 0.3 is 0 Å². The smallest absolute Gasteiger partial charge is 0.0958 e. The first-order valence-corrected chi connectivity index (χ1v) is 4.44. The molecular weight excluding hydrogens is 142 g/mol. The first kappa shape index (κ1) is 7.53. The van der Waals surface area contributed by atoms with E-state index in [1.807, 2.05) is 5.06 Å². The van der Waals surface area contributed by atoms with Crippen LogP contribution in [0.2, 0.25) is 0 Å². The Labute approximate surface area is 66.9 Å². The fourth-order valence-electron chi connectivity index (χ4n) is 1.94. The molecule has 0 unspecified atom stereocenters. The number of aliphatic hydroxyl groups excluding tert-OH is 1. The van der Waals surface area contributed by atoms with Crippen molar-refractivity contribution in [3.63, 3.8) is 0 Å². The van der Waals surface area contributed by atoms with Gasteiger partial charge in [0.05, 0.1) is 19.3 Å². The van der Waals surface area contributed by atoms with E-state index in [-0.39, 0.29) is 6.10 Å². The summed E-state index contributed by atoms with van der Waals surface area (Å²) in [7, 11) is 0. The second kappa shape index (κ2) is 3.09. The lowest BCUT2D eigenvalue weighted by atomic mass is 10.2. The maximum atomic E-state index is 9.19. The molecule has 0 aromatic heterocycles. The second-order valence-electron chi connectivity index (χ2n) is 3.49. The van der Waals surface area contributed by atoms with Crippen LogP contribution in [-0.2, 0) is 4.84 Å². The number of hydroxylamine groups is 2. The first-order chi connectivity index (χ1) is 5.36. The van der Waals surface area contributed by atoms with Crippen molar-refractivity contribution < 1.29 is 9.94 Å².